The van der Waals surface area contributed by atoms with Crippen LogP contribution >= 0.6 is 0 Å². The van der Waals surface area contributed by atoms with Crippen molar-refractivity contribution in [2.75, 3.05) is 5.75 Å². The molecular weight excluding hydrogens is 269 g/mol. The first kappa shape index (κ1) is 14.4. The molecule has 7 heteroatoms. The molecule has 1 aromatic carbocycles. The number of sulfone groups is 1. The Morgan fingerprint density at radius 2 is 1.72 bits per heavy atom. The van der Waals surface area contributed by atoms with E-state index in [-0.39, 0.29) is 17.0 Å². The van der Waals surface area contributed by atoms with E-state index in [0.717, 1.165) is 0 Å². The SMILES string of the molecule is O=C(/C=C/C(F)(F)F)CS(=O)(=O)c1ccccc1. The topological polar surface area (TPSA) is 51.2 Å². The molecule has 1 rings (SSSR count). The molecule has 0 aliphatic rings. The highest BCUT2D eigenvalue weighted by Crippen LogP contribution is 2.16. The van der Waals surface area contributed by atoms with E-state index in [4.69, 9.17) is 0 Å². The third kappa shape index (κ3) is 4.70. The van der Waals surface area contributed by atoms with Crippen molar-refractivity contribution >= 4 is 15.6 Å². The number of rotatable bonds is 4. The van der Waals surface area contributed by atoms with Gasteiger partial charge in [0, 0.05) is 6.08 Å². The summed E-state index contributed by atoms with van der Waals surface area (Å²) in [5, 5.41) is 0. The van der Waals surface area contributed by atoms with Crippen molar-refractivity contribution in [1.29, 1.82) is 0 Å². The number of hydrogen-bond donors (Lipinski definition) is 0. The maximum atomic E-state index is 11.8. The second kappa shape index (κ2) is 5.34. The molecule has 18 heavy (non-hydrogen) atoms. The fourth-order valence-electron chi connectivity index (χ4n) is 1.13. The number of halogens is 3. The summed E-state index contributed by atoms with van der Waals surface area (Å²) in [6.45, 7) is 0. The summed E-state index contributed by atoms with van der Waals surface area (Å²) in [7, 11) is -3.90. The van der Waals surface area contributed by atoms with Crippen molar-refractivity contribution in [3.8, 4) is 0 Å². The van der Waals surface area contributed by atoms with Crippen LogP contribution in [0.25, 0.3) is 0 Å². The zero-order valence-electron chi connectivity index (χ0n) is 9.02. The van der Waals surface area contributed by atoms with Crippen LogP contribution in [0.4, 0.5) is 13.2 Å². The molecule has 3 nitrogen and oxygen atoms in total. The lowest BCUT2D eigenvalue weighted by Gasteiger charge is -2.01. The third-order valence-corrected chi connectivity index (χ3v) is 3.55. The van der Waals surface area contributed by atoms with Crippen LogP contribution in [0.3, 0.4) is 0 Å². The smallest absolute Gasteiger partial charge is 0.294 e. The average molecular weight is 278 g/mol. The second-order valence-electron chi connectivity index (χ2n) is 3.41. The Morgan fingerprint density at radius 1 is 1.17 bits per heavy atom. The van der Waals surface area contributed by atoms with Crippen LogP contribution in [0.2, 0.25) is 0 Å². The Kier molecular flexibility index (Phi) is 4.28. The van der Waals surface area contributed by atoms with E-state index >= 15 is 0 Å². The molecule has 0 atom stereocenters. The number of allylic oxidation sites excluding steroid dienone is 2. The lowest BCUT2D eigenvalue weighted by molar-refractivity contribution is -0.113. The number of carbonyl (C=O) groups is 1. The predicted molar refractivity (Wildman–Crippen MR) is 58.7 cm³/mol. The molecule has 0 unspecified atom stereocenters. The first-order chi connectivity index (χ1) is 8.21. The Labute approximate surface area is 102 Å². The van der Waals surface area contributed by atoms with Gasteiger partial charge in [-0.3, -0.25) is 4.79 Å². The number of hydrogen-bond acceptors (Lipinski definition) is 3. The van der Waals surface area contributed by atoms with Crippen molar-refractivity contribution in [3.63, 3.8) is 0 Å². The molecule has 98 valence electrons. The second-order valence-corrected chi connectivity index (χ2v) is 5.40. The summed E-state index contributed by atoms with van der Waals surface area (Å²) >= 11 is 0. The van der Waals surface area contributed by atoms with Gasteiger partial charge in [-0.05, 0) is 18.2 Å². The summed E-state index contributed by atoms with van der Waals surface area (Å²) < 4.78 is 58.6. The summed E-state index contributed by atoms with van der Waals surface area (Å²) in [4.78, 5) is 11.0. The predicted octanol–water partition coefficient (Wildman–Crippen LogP) is 2.15. The molecule has 0 aromatic heterocycles. The number of alkyl halides is 3. The van der Waals surface area contributed by atoms with Gasteiger partial charge in [0.1, 0.15) is 5.75 Å². The average Bonchev–Trinajstić information content (AvgIpc) is 2.26. The van der Waals surface area contributed by atoms with Crippen molar-refractivity contribution < 1.29 is 26.4 Å². The molecule has 0 saturated carbocycles. The van der Waals surface area contributed by atoms with Crippen LogP contribution < -0.4 is 0 Å². The van der Waals surface area contributed by atoms with E-state index in [0.29, 0.717) is 0 Å². The number of benzene rings is 1. The summed E-state index contributed by atoms with van der Waals surface area (Å²) in [5.41, 5.74) is 0. The Bertz CT molecular complexity index is 545. The van der Waals surface area contributed by atoms with Crippen LogP contribution in [0.5, 0.6) is 0 Å². The van der Waals surface area contributed by atoms with Gasteiger partial charge in [0.25, 0.3) is 0 Å². The van der Waals surface area contributed by atoms with E-state index in [1.54, 1.807) is 6.07 Å². The zero-order chi connectivity index (χ0) is 13.8. The zero-order valence-corrected chi connectivity index (χ0v) is 9.83. The van der Waals surface area contributed by atoms with Gasteiger partial charge in [-0.25, -0.2) is 8.42 Å². The quantitative estimate of drug-likeness (QED) is 0.793. The summed E-state index contributed by atoms with van der Waals surface area (Å²) in [6, 6.07) is 7.06. The van der Waals surface area contributed by atoms with Gasteiger partial charge in [0.2, 0.25) is 0 Å². The van der Waals surface area contributed by atoms with Gasteiger partial charge in [0.05, 0.1) is 4.90 Å². The van der Waals surface area contributed by atoms with Crippen LogP contribution in [-0.4, -0.2) is 26.1 Å². The van der Waals surface area contributed by atoms with Gasteiger partial charge in [-0.15, -0.1) is 0 Å². The molecule has 0 N–H and O–H groups in total. The van der Waals surface area contributed by atoms with Crippen molar-refractivity contribution in [2.24, 2.45) is 0 Å². The highest BCUT2D eigenvalue weighted by atomic mass is 32.2. The van der Waals surface area contributed by atoms with E-state index < -0.39 is 27.5 Å². The van der Waals surface area contributed by atoms with Crippen LogP contribution in [0.15, 0.2) is 47.4 Å². The van der Waals surface area contributed by atoms with E-state index in [1.807, 2.05) is 0 Å². The molecule has 0 aliphatic heterocycles. The molecule has 0 heterocycles. The summed E-state index contributed by atoms with van der Waals surface area (Å²) in [5.74, 6) is -2.10. The molecule has 1 aromatic rings. The van der Waals surface area contributed by atoms with Crippen LogP contribution in [0, 0.1) is 0 Å². The van der Waals surface area contributed by atoms with Gasteiger partial charge in [0.15, 0.2) is 15.6 Å². The minimum Gasteiger partial charge on any atom is -0.294 e. The fraction of sp³-hybridized carbons (Fsp3) is 0.182. The van der Waals surface area contributed by atoms with Crippen LogP contribution in [0.1, 0.15) is 0 Å². The molecule has 0 aliphatic carbocycles. The van der Waals surface area contributed by atoms with E-state index in [2.05, 4.69) is 0 Å². The Morgan fingerprint density at radius 3 is 2.22 bits per heavy atom. The third-order valence-electron chi connectivity index (χ3n) is 1.89. The maximum absolute atomic E-state index is 11.8. The molecule has 0 bridgehead atoms. The molecule has 0 radical (unpaired) electrons. The van der Waals surface area contributed by atoms with Gasteiger partial charge in [-0.2, -0.15) is 13.2 Å². The Balaban J connectivity index is 2.80. The molecule has 0 fully saturated rings. The number of ketones is 1. The van der Waals surface area contributed by atoms with Crippen molar-refractivity contribution in [2.45, 2.75) is 11.1 Å². The lowest BCUT2D eigenvalue weighted by atomic mass is 10.4. The van der Waals surface area contributed by atoms with Crippen LogP contribution in [-0.2, 0) is 14.6 Å². The standard InChI is InChI=1S/C11H9F3O3S/c12-11(13,14)7-6-9(15)8-18(16,17)10-4-2-1-3-5-10/h1-7H,8H2/b7-6+. The highest BCUT2D eigenvalue weighted by molar-refractivity contribution is 7.92. The van der Waals surface area contributed by atoms with E-state index in [1.165, 1.54) is 24.3 Å². The molecular formula is C11H9F3O3S. The molecule has 0 amide bonds. The largest absolute Gasteiger partial charge is 0.409 e. The van der Waals surface area contributed by atoms with Gasteiger partial charge >= 0.3 is 6.18 Å². The van der Waals surface area contributed by atoms with Gasteiger partial charge < -0.3 is 0 Å². The van der Waals surface area contributed by atoms with E-state index in [9.17, 15) is 26.4 Å². The normalized spacial score (nSPS) is 12.8. The number of carbonyl (C=O) groups excluding carboxylic acids is 1. The van der Waals surface area contributed by atoms with Gasteiger partial charge in [-0.1, -0.05) is 18.2 Å². The minimum absolute atomic E-state index is 0.0984. The first-order valence-corrected chi connectivity index (χ1v) is 6.42. The first-order valence-electron chi connectivity index (χ1n) is 4.77. The monoisotopic (exact) mass is 278 g/mol. The molecule has 0 saturated heterocycles. The lowest BCUT2D eigenvalue weighted by Crippen LogP contribution is -2.15. The van der Waals surface area contributed by atoms with Crippen molar-refractivity contribution in [3.05, 3.63) is 42.5 Å². The highest BCUT2D eigenvalue weighted by Gasteiger charge is 2.24. The molecule has 0 spiro atoms. The Hall–Kier alpha value is -1.63. The summed E-state index contributed by atoms with van der Waals surface area (Å²) in [6.07, 6.45) is -4.69. The van der Waals surface area contributed by atoms with Crippen molar-refractivity contribution in [1.82, 2.24) is 0 Å². The minimum atomic E-state index is -4.63. The fourth-order valence-corrected chi connectivity index (χ4v) is 2.34. The maximum Gasteiger partial charge on any atom is 0.409 e.